The lowest BCUT2D eigenvalue weighted by Gasteiger charge is -2.19. The molecular formula is C25H25N5O4. The van der Waals surface area contributed by atoms with Crippen molar-refractivity contribution in [2.75, 3.05) is 5.32 Å². The van der Waals surface area contributed by atoms with E-state index in [0.29, 0.717) is 35.2 Å². The van der Waals surface area contributed by atoms with Crippen LogP contribution in [0.25, 0.3) is 5.65 Å². The number of ether oxygens (including phenoxy) is 1. The number of carbonyl (C=O) groups excluding carboxylic acids is 2. The van der Waals surface area contributed by atoms with E-state index in [-0.39, 0.29) is 23.5 Å². The molecule has 0 unspecified atom stereocenters. The van der Waals surface area contributed by atoms with Gasteiger partial charge in [0.15, 0.2) is 17.2 Å². The van der Waals surface area contributed by atoms with Crippen LogP contribution < -0.4 is 15.4 Å². The average molecular weight is 460 g/mol. The van der Waals surface area contributed by atoms with Gasteiger partial charge in [0.25, 0.3) is 5.91 Å². The van der Waals surface area contributed by atoms with Crippen LogP contribution in [0.1, 0.15) is 49.1 Å². The fourth-order valence-corrected chi connectivity index (χ4v) is 4.08. The number of hydrogen-bond donors (Lipinski definition) is 2. The monoisotopic (exact) mass is 459 g/mol. The van der Waals surface area contributed by atoms with Crippen molar-refractivity contribution in [2.24, 2.45) is 5.92 Å². The van der Waals surface area contributed by atoms with E-state index in [1.54, 1.807) is 47.1 Å². The van der Waals surface area contributed by atoms with Crippen molar-refractivity contribution < 1.29 is 18.7 Å². The molecule has 0 bridgehead atoms. The van der Waals surface area contributed by atoms with Crippen LogP contribution in [-0.4, -0.2) is 26.4 Å². The van der Waals surface area contributed by atoms with Gasteiger partial charge in [-0.2, -0.15) is 0 Å². The Labute approximate surface area is 196 Å². The maximum absolute atomic E-state index is 12.5. The number of nitrogens with one attached hydrogen (secondary N) is 2. The number of carbonyl (C=O) groups is 2. The predicted octanol–water partition coefficient (Wildman–Crippen LogP) is 4.38. The molecule has 3 aromatic heterocycles. The van der Waals surface area contributed by atoms with Gasteiger partial charge in [-0.25, -0.2) is 9.50 Å². The summed E-state index contributed by atoms with van der Waals surface area (Å²) in [5.74, 6) is 1.55. The molecule has 1 saturated carbocycles. The summed E-state index contributed by atoms with van der Waals surface area (Å²) in [6.45, 7) is 0. The van der Waals surface area contributed by atoms with Crippen LogP contribution in [0.15, 0.2) is 76.9 Å². The molecule has 2 aliphatic rings. The molecule has 0 aromatic carbocycles. The molecule has 0 atom stereocenters. The summed E-state index contributed by atoms with van der Waals surface area (Å²) >= 11 is 0. The predicted molar refractivity (Wildman–Crippen MR) is 125 cm³/mol. The summed E-state index contributed by atoms with van der Waals surface area (Å²) in [7, 11) is 0. The second-order valence-corrected chi connectivity index (χ2v) is 8.31. The standard InChI is InChI=1S/C25H25N5O4/c31-24(17-6-2-1-3-7-17)28-21-16-30-22(27-21)13-14-23(29-30)34-19-9-4-8-18(11-12-19)26-25(32)20-10-5-15-33-20/h4-5,8-11,13-17H,1-3,6-7,12H2,(H,26,32)(H,28,31). The van der Waals surface area contributed by atoms with Crippen molar-refractivity contribution in [1.29, 1.82) is 0 Å². The molecule has 174 valence electrons. The highest BCUT2D eigenvalue weighted by atomic mass is 16.5. The van der Waals surface area contributed by atoms with Gasteiger partial charge in [0.05, 0.1) is 12.5 Å². The second kappa shape index (κ2) is 9.78. The Morgan fingerprint density at radius 1 is 1.12 bits per heavy atom. The highest BCUT2D eigenvalue weighted by Crippen LogP contribution is 2.25. The summed E-state index contributed by atoms with van der Waals surface area (Å²) in [5.41, 5.74) is 1.26. The van der Waals surface area contributed by atoms with Gasteiger partial charge in [-0.3, -0.25) is 9.59 Å². The number of hydrogen-bond acceptors (Lipinski definition) is 6. The van der Waals surface area contributed by atoms with Gasteiger partial charge in [0.1, 0.15) is 5.76 Å². The Kier molecular flexibility index (Phi) is 6.24. The zero-order valence-corrected chi connectivity index (χ0v) is 18.6. The Bertz CT molecular complexity index is 1280. The Morgan fingerprint density at radius 2 is 2.00 bits per heavy atom. The van der Waals surface area contributed by atoms with Crippen LogP contribution in [0.2, 0.25) is 0 Å². The van der Waals surface area contributed by atoms with E-state index in [1.807, 2.05) is 12.2 Å². The van der Waals surface area contributed by atoms with Crippen LogP contribution in [-0.2, 0) is 4.79 Å². The first-order chi connectivity index (χ1) is 16.6. The maximum atomic E-state index is 12.5. The SMILES string of the molecule is O=C(NC1=CCC(Oc2ccc3nc(NC(=O)C4CCCCC4)cn3n2)=CC=C1)c1ccco1. The van der Waals surface area contributed by atoms with E-state index in [4.69, 9.17) is 9.15 Å². The van der Waals surface area contributed by atoms with Gasteiger partial charge in [0, 0.05) is 24.1 Å². The maximum Gasteiger partial charge on any atom is 0.291 e. The van der Waals surface area contributed by atoms with Gasteiger partial charge in [-0.05, 0) is 43.2 Å². The molecule has 9 heteroatoms. The van der Waals surface area contributed by atoms with Crippen molar-refractivity contribution in [3.8, 4) is 5.88 Å². The molecule has 5 rings (SSSR count). The third-order valence-electron chi connectivity index (χ3n) is 5.84. The van der Waals surface area contributed by atoms with Gasteiger partial charge in [-0.1, -0.05) is 31.4 Å². The third-order valence-corrected chi connectivity index (χ3v) is 5.84. The number of rotatable bonds is 6. The van der Waals surface area contributed by atoms with Gasteiger partial charge < -0.3 is 19.8 Å². The van der Waals surface area contributed by atoms with Crippen LogP contribution in [0.4, 0.5) is 5.82 Å². The van der Waals surface area contributed by atoms with Crippen molar-refractivity contribution in [3.05, 3.63) is 78.2 Å². The van der Waals surface area contributed by atoms with E-state index < -0.39 is 0 Å². The Morgan fingerprint density at radius 3 is 2.82 bits per heavy atom. The Balaban J connectivity index is 1.21. The summed E-state index contributed by atoms with van der Waals surface area (Å²) < 4.78 is 12.6. The molecule has 2 amide bonds. The molecule has 0 saturated heterocycles. The largest absolute Gasteiger partial charge is 0.459 e. The minimum absolute atomic E-state index is 0.0247. The normalized spacial score (nSPS) is 16.5. The molecule has 34 heavy (non-hydrogen) atoms. The fraction of sp³-hybridized carbons (Fsp3) is 0.280. The molecule has 2 N–H and O–H groups in total. The number of furan rings is 1. The zero-order chi connectivity index (χ0) is 23.3. The molecule has 3 heterocycles. The summed E-state index contributed by atoms with van der Waals surface area (Å²) in [4.78, 5) is 29.1. The smallest absolute Gasteiger partial charge is 0.291 e. The highest BCUT2D eigenvalue weighted by Gasteiger charge is 2.22. The minimum Gasteiger partial charge on any atom is -0.459 e. The average Bonchev–Trinajstić information content (AvgIpc) is 3.47. The number of amides is 2. The number of anilines is 1. The molecule has 2 aliphatic carbocycles. The first kappa shape index (κ1) is 21.7. The lowest BCUT2D eigenvalue weighted by Crippen LogP contribution is -2.24. The fourth-order valence-electron chi connectivity index (χ4n) is 4.08. The van der Waals surface area contributed by atoms with Crippen LogP contribution in [0.3, 0.4) is 0 Å². The van der Waals surface area contributed by atoms with Crippen molar-refractivity contribution >= 4 is 23.3 Å². The molecule has 0 radical (unpaired) electrons. The van der Waals surface area contributed by atoms with Crippen LogP contribution in [0, 0.1) is 5.92 Å². The summed E-state index contributed by atoms with van der Waals surface area (Å²) in [5, 5.41) is 10.2. The van der Waals surface area contributed by atoms with Crippen molar-refractivity contribution in [1.82, 2.24) is 19.9 Å². The lowest BCUT2D eigenvalue weighted by molar-refractivity contribution is -0.120. The van der Waals surface area contributed by atoms with Gasteiger partial charge in [-0.15, -0.1) is 5.10 Å². The minimum atomic E-state index is -0.316. The number of allylic oxidation sites excluding steroid dienone is 4. The first-order valence-electron chi connectivity index (χ1n) is 11.4. The van der Waals surface area contributed by atoms with E-state index in [2.05, 4.69) is 20.7 Å². The highest BCUT2D eigenvalue weighted by molar-refractivity contribution is 5.93. The Hall–Kier alpha value is -4.14. The first-order valence-corrected chi connectivity index (χ1v) is 11.4. The van der Waals surface area contributed by atoms with E-state index >= 15 is 0 Å². The quantitative estimate of drug-likeness (QED) is 0.566. The molecule has 9 nitrogen and oxygen atoms in total. The summed E-state index contributed by atoms with van der Waals surface area (Å²) in [6.07, 6.45) is 16.1. The number of aromatic nitrogens is 3. The van der Waals surface area contributed by atoms with E-state index in [9.17, 15) is 9.59 Å². The van der Waals surface area contributed by atoms with E-state index in [0.717, 1.165) is 25.7 Å². The topological polar surface area (TPSA) is 111 Å². The number of nitrogens with zero attached hydrogens (tertiary/aromatic N) is 3. The molecule has 1 fully saturated rings. The van der Waals surface area contributed by atoms with Crippen molar-refractivity contribution in [2.45, 2.75) is 38.5 Å². The van der Waals surface area contributed by atoms with Crippen LogP contribution in [0.5, 0.6) is 5.88 Å². The van der Waals surface area contributed by atoms with Crippen molar-refractivity contribution in [3.63, 3.8) is 0 Å². The zero-order valence-electron chi connectivity index (χ0n) is 18.6. The third kappa shape index (κ3) is 5.09. The van der Waals surface area contributed by atoms with Gasteiger partial charge >= 0.3 is 0 Å². The van der Waals surface area contributed by atoms with Gasteiger partial charge in [0.2, 0.25) is 11.8 Å². The number of imidazole rings is 1. The molecular weight excluding hydrogens is 434 g/mol. The molecule has 0 aliphatic heterocycles. The summed E-state index contributed by atoms with van der Waals surface area (Å²) in [6, 6.07) is 6.79. The molecule has 0 spiro atoms. The van der Waals surface area contributed by atoms with E-state index in [1.165, 1.54) is 12.7 Å². The second-order valence-electron chi connectivity index (χ2n) is 8.31. The number of fused-ring (bicyclic) bond motifs is 1. The van der Waals surface area contributed by atoms with Crippen LogP contribution >= 0.6 is 0 Å². The lowest BCUT2D eigenvalue weighted by atomic mass is 9.89. The molecule has 3 aromatic rings.